The van der Waals surface area contributed by atoms with Crippen molar-refractivity contribution in [3.8, 4) is 0 Å². The second-order valence-corrected chi connectivity index (χ2v) is 4.04. The third-order valence-electron chi connectivity index (χ3n) is 2.64. The predicted octanol–water partition coefficient (Wildman–Crippen LogP) is 0.956. The van der Waals surface area contributed by atoms with Gasteiger partial charge in [-0.25, -0.2) is 0 Å². The highest BCUT2D eigenvalue weighted by atomic mass is 16.5. The van der Waals surface area contributed by atoms with Gasteiger partial charge in [0.1, 0.15) is 6.04 Å². The Morgan fingerprint density at radius 2 is 1.94 bits per heavy atom. The Morgan fingerprint density at radius 3 is 2.53 bits per heavy atom. The van der Waals surface area contributed by atoms with Gasteiger partial charge in [0.15, 0.2) is 0 Å². The lowest BCUT2D eigenvalue weighted by Crippen LogP contribution is -2.38. The molecule has 102 valence electrons. The average molecular weight is 247 g/mol. The van der Waals surface area contributed by atoms with Crippen molar-refractivity contribution in [2.45, 2.75) is 32.7 Å². The maximum absolute atomic E-state index is 11.5. The summed E-state index contributed by atoms with van der Waals surface area (Å²) < 4.78 is 15.1. The fourth-order valence-corrected chi connectivity index (χ4v) is 1.16. The number of hydrogen-bond donors (Lipinski definition) is 1. The van der Waals surface area contributed by atoms with Crippen LogP contribution in [0, 0.1) is 5.92 Å². The molecule has 0 saturated carbocycles. The second kappa shape index (κ2) is 10.5. The molecule has 0 aromatic carbocycles. The van der Waals surface area contributed by atoms with Gasteiger partial charge in [0.05, 0.1) is 19.8 Å². The number of methoxy groups -OCH3 is 1. The number of nitrogens with two attached hydrogens (primary N) is 1. The lowest BCUT2D eigenvalue weighted by molar-refractivity contribution is -0.146. The van der Waals surface area contributed by atoms with Crippen molar-refractivity contribution in [1.29, 1.82) is 0 Å². The monoisotopic (exact) mass is 247 g/mol. The normalized spacial score (nSPS) is 14.4. The molecule has 5 nitrogen and oxygen atoms in total. The molecule has 2 N–H and O–H groups in total. The number of esters is 1. The number of carbonyl (C=O) groups is 1. The van der Waals surface area contributed by atoms with Crippen LogP contribution in [0.3, 0.4) is 0 Å². The molecule has 0 aliphatic heterocycles. The minimum absolute atomic E-state index is 0.153. The summed E-state index contributed by atoms with van der Waals surface area (Å²) >= 11 is 0. The fourth-order valence-electron chi connectivity index (χ4n) is 1.16. The molecule has 0 saturated heterocycles. The van der Waals surface area contributed by atoms with Gasteiger partial charge >= 0.3 is 5.97 Å². The standard InChI is InChI=1S/C12H25NO4/c1-4-10(2)11(13)12(14)17-7-5-6-16-9-8-15-3/h10-11H,4-9,13H2,1-3H3/t10-,11-/m0/s1. The van der Waals surface area contributed by atoms with Gasteiger partial charge in [-0.2, -0.15) is 0 Å². The van der Waals surface area contributed by atoms with E-state index in [0.29, 0.717) is 32.8 Å². The molecule has 0 unspecified atom stereocenters. The molecule has 0 aliphatic rings. The van der Waals surface area contributed by atoms with Gasteiger partial charge in [0.25, 0.3) is 0 Å². The number of hydrogen-bond acceptors (Lipinski definition) is 5. The van der Waals surface area contributed by atoms with E-state index in [4.69, 9.17) is 19.9 Å². The van der Waals surface area contributed by atoms with Crippen LogP contribution in [0.5, 0.6) is 0 Å². The average Bonchev–Trinajstić information content (AvgIpc) is 2.35. The van der Waals surface area contributed by atoms with Crippen LogP contribution in [-0.4, -0.2) is 45.5 Å². The van der Waals surface area contributed by atoms with Crippen molar-refractivity contribution in [2.24, 2.45) is 11.7 Å². The Balaban J connectivity index is 3.45. The maximum Gasteiger partial charge on any atom is 0.323 e. The van der Waals surface area contributed by atoms with Gasteiger partial charge in [0, 0.05) is 20.1 Å². The quantitative estimate of drug-likeness (QED) is 0.460. The smallest absolute Gasteiger partial charge is 0.323 e. The van der Waals surface area contributed by atoms with Crippen LogP contribution in [0.4, 0.5) is 0 Å². The third-order valence-corrected chi connectivity index (χ3v) is 2.64. The molecule has 5 heteroatoms. The van der Waals surface area contributed by atoms with Crippen LogP contribution in [0.15, 0.2) is 0 Å². The van der Waals surface area contributed by atoms with Gasteiger partial charge in [0.2, 0.25) is 0 Å². The Bertz CT molecular complexity index is 199. The summed E-state index contributed by atoms with van der Waals surface area (Å²) in [4.78, 5) is 11.5. The van der Waals surface area contributed by atoms with E-state index in [9.17, 15) is 4.79 Å². The van der Waals surface area contributed by atoms with Crippen LogP contribution in [0.1, 0.15) is 26.7 Å². The maximum atomic E-state index is 11.5. The molecule has 0 radical (unpaired) electrons. The van der Waals surface area contributed by atoms with E-state index in [1.807, 2.05) is 13.8 Å². The first kappa shape index (κ1) is 16.4. The van der Waals surface area contributed by atoms with Gasteiger partial charge in [-0.1, -0.05) is 20.3 Å². The van der Waals surface area contributed by atoms with Crippen LogP contribution >= 0.6 is 0 Å². The summed E-state index contributed by atoms with van der Waals surface area (Å²) in [6, 6.07) is -0.519. The van der Waals surface area contributed by atoms with Crippen LogP contribution in [0.25, 0.3) is 0 Å². The molecule has 0 aromatic rings. The molecular formula is C12H25NO4. The van der Waals surface area contributed by atoms with Crippen LogP contribution in [-0.2, 0) is 19.0 Å². The first-order chi connectivity index (χ1) is 8.13. The van der Waals surface area contributed by atoms with Gasteiger partial charge < -0.3 is 19.9 Å². The summed E-state index contributed by atoms with van der Waals surface area (Å²) in [5, 5.41) is 0. The van der Waals surface area contributed by atoms with Crippen LogP contribution < -0.4 is 5.73 Å². The zero-order valence-electron chi connectivity index (χ0n) is 11.1. The summed E-state index contributed by atoms with van der Waals surface area (Å²) in [5.74, 6) is -0.170. The summed E-state index contributed by atoms with van der Waals surface area (Å²) in [7, 11) is 1.63. The predicted molar refractivity (Wildman–Crippen MR) is 65.7 cm³/mol. The molecule has 0 aromatic heterocycles. The van der Waals surface area contributed by atoms with Crippen molar-refractivity contribution in [3.63, 3.8) is 0 Å². The van der Waals surface area contributed by atoms with E-state index in [0.717, 1.165) is 6.42 Å². The van der Waals surface area contributed by atoms with Gasteiger partial charge in [-0.3, -0.25) is 4.79 Å². The Hall–Kier alpha value is -0.650. The Labute approximate surface area is 104 Å². The number of ether oxygens (including phenoxy) is 3. The zero-order chi connectivity index (χ0) is 13.1. The molecule has 17 heavy (non-hydrogen) atoms. The molecule has 0 amide bonds. The van der Waals surface area contributed by atoms with E-state index in [1.54, 1.807) is 7.11 Å². The van der Waals surface area contributed by atoms with E-state index < -0.39 is 6.04 Å². The Kier molecular flexibility index (Phi) is 10.1. The summed E-state index contributed by atoms with van der Waals surface area (Å²) in [6.07, 6.45) is 1.55. The molecule has 0 heterocycles. The summed E-state index contributed by atoms with van der Waals surface area (Å²) in [5.41, 5.74) is 5.73. The van der Waals surface area contributed by atoms with E-state index in [1.165, 1.54) is 0 Å². The van der Waals surface area contributed by atoms with E-state index >= 15 is 0 Å². The SMILES string of the molecule is CC[C@H](C)[C@H](N)C(=O)OCCCOCCOC. The highest BCUT2D eigenvalue weighted by Crippen LogP contribution is 2.06. The number of rotatable bonds is 10. The molecular weight excluding hydrogens is 222 g/mol. The minimum Gasteiger partial charge on any atom is -0.464 e. The van der Waals surface area contributed by atoms with E-state index in [2.05, 4.69) is 0 Å². The van der Waals surface area contributed by atoms with Crippen molar-refractivity contribution >= 4 is 5.97 Å². The van der Waals surface area contributed by atoms with Crippen molar-refractivity contribution in [2.75, 3.05) is 33.5 Å². The van der Waals surface area contributed by atoms with Crippen molar-refractivity contribution in [1.82, 2.24) is 0 Å². The fraction of sp³-hybridized carbons (Fsp3) is 0.917. The van der Waals surface area contributed by atoms with Crippen LogP contribution in [0.2, 0.25) is 0 Å². The number of carbonyl (C=O) groups excluding carboxylic acids is 1. The molecule has 0 aliphatic carbocycles. The topological polar surface area (TPSA) is 70.8 Å². The van der Waals surface area contributed by atoms with Crippen molar-refractivity contribution in [3.05, 3.63) is 0 Å². The largest absolute Gasteiger partial charge is 0.464 e. The Morgan fingerprint density at radius 1 is 1.24 bits per heavy atom. The minimum atomic E-state index is -0.519. The van der Waals surface area contributed by atoms with Gasteiger partial charge in [-0.05, 0) is 5.92 Å². The lowest BCUT2D eigenvalue weighted by Gasteiger charge is -2.16. The molecule has 0 rings (SSSR count). The molecule has 0 bridgehead atoms. The third kappa shape index (κ3) is 8.12. The van der Waals surface area contributed by atoms with Crippen molar-refractivity contribution < 1.29 is 19.0 Å². The highest BCUT2D eigenvalue weighted by Gasteiger charge is 2.20. The van der Waals surface area contributed by atoms with Gasteiger partial charge in [-0.15, -0.1) is 0 Å². The molecule has 0 spiro atoms. The summed E-state index contributed by atoms with van der Waals surface area (Å²) in [6.45, 7) is 6.02. The highest BCUT2D eigenvalue weighted by molar-refractivity contribution is 5.75. The van der Waals surface area contributed by atoms with E-state index in [-0.39, 0.29) is 11.9 Å². The second-order valence-electron chi connectivity index (χ2n) is 4.04. The molecule has 2 atom stereocenters. The first-order valence-electron chi connectivity index (χ1n) is 6.12. The molecule has 0 fully saturated rings. The first-order valence-corrected chi connectivity index (χ1v) is 6.12. The zero-order valence-corrected chi connectivity index (χ0v) is 11.1. The lowest BCUT2D eigenvalue weighted by atomic mass is 10.0.